The first kappa shape index (κ1) is 17.6. The van der Waals surface area contributed by atoms with Gasteiger partial charge in [-0.05, 0) is 43.3 Å². The Hall–Kier alpha value is -3.22. The van der Waals surface area contributed by atoms with Gasteiger partial charge in [-0.25, -0.2) is 0 Å². The first-order valence-corrected chi connectivity index (χ1v) is 8.36. The van der Waals surface area contributed by atoms with Gasteiger partial charge >= 0.3 is 0 Å². The monoisotopic (exact) mass is 355 g/mol. The zero-order chi connectivity index (χ0) is 18.5. The third kappa shape index (κ3) is 4.44. The van der Waals surface area contributed by atoms with Crippen LogP contribution in [-0.2, 0) is 9.59 Å². The van der Waals surface area contributed by atoms with E-state index in [4.69, 9.17) is 9.47 Å². The summed E-state index contributed by atoms with van der Waals surface area (Å²) in [6.07, 6.45) is 0. The number of hydrogen-bond acceptors (Lipinski definition) is 5. The summed E-state index contributed by atoms with van der Waals surface area (Å²) in [6, 6.07) is 12.0. The van der Waals surface area contributed by atoms with Gasteiger partial charge in [0, 0.05) is 30.1 Å². The number of carbonyl (C=O) groups is 2. The quantitative estimate of drug-likeness (QED) is 0.767. The average Bonchev–Trinajstić information content (AvgIpc) is 2.62. The van der Waals surface area contributed by atoms with E-state index >= 15 is 0 Å². The van der Waals surface area contributed by atoms with Crippen molar-refractivity contribution in [2.75, 3.05) is 29.2 Å². The average molecular weight is 355 g/mol. The number of ether oxygens (including phenoxy) is 2. The first-order valence-electron chi connectivity index (χ1n) is 8.36. The summed E-state index contributed by atoms with van der Waals surface area (Å²) in [5.74, 6) is 1.06. The molecule has 7 nitrogen and oxygen atoms in total. The topological polar surface area (TPSA) is 88.7 Å². The van der Waals surface area contributed by atoms with Crippen LogP contribution in [0.5, 0.6) is 11.5 Å². The zero-order valence-electron chi connectivity index (χ0n) is 14.7. The highest BCUT2D eigenvalue weighted by Gasteiger charge is 2.16. The maximum absolute atomic E-state index is 12.4. The number of hydrogen-bond donors (Lipinski definition) is 3. The molecule has 0 aromatic heterocycles. The number of rotatable bonds is 5. The molecule has 26 heavy (non-hydrogen) atoms. The standard InChI is InChI=1S/C19H21N3O4/c1-12(20-16-7-8-17-18(11-16)26-10-9-25-17)19(24)22-15-5-3-14(4-6-15)21-13(2)23/h3-8,11-12,20H,9-10H2,1-2H3,(H,21,23)(H,22,24)/t12-/m1/s1. The molecule has 7 heteroatoms. The van der Waals surface area contributed by atoms with E-state index in [1.54, 1.807) is 31.2 Å². The molecule has 1 aliphatic heterocycles. The van der Waals surface area contributed by atoms with Crippen LogP contribution in [0, 0.1) is 0 Å². The van der Waals surface area contributed by atoms with Crippen LogP contribution >= 0.6 is 0 Å². The Labute approximate surface area is 151 Å². The zero-order valence-corrected chi connectivity index (χ0v) is 14.7. The molecule has 0 fully saturated rings. The second-order valence-electron chi connectivity index (χ2n) is 5.97. The van der Waals surface area contributed by atoms with E-state index in [2.05, 4.69) is 16.0 Å². The van der Waals surface area contributed by atoms with Crippen molar-refractivity contribution < 1.29 is 19.1 Å². The summed E-state index contributed by atoms with van der Waals surface area (Å²) in [5, 5.41) is 8.66. The van der Waals surface area contributed by atoms with Gasteiger partial charge < -0.3 is 25.4 Å². The SMILES string of the molecule is CC(=O)Nc1ccc(NC(=O)[C@@H](C)Nc2ccc3c(c2)OCCO3)cc1. The predicted octanol–water partition coefficient (Wildman–Crippen LogP) is 2.86. The van der Waals surface area contributed by atoms with Gasteiger partial charge in [-0.1, -0.05) is 0 Å². The normalized spacial score (nSPS) is 13.5. The van der Waals surface area contributed by atoms with Gasteiger partial charge in [-0.2, -0.15) is 0 Å². The van der Waals surface area contributed by atoms with Crippen molar-refractivity contribution in [1.82, 2.24) is 0 Å². The highest BCUT2D eigenvalue weighted by molar-refractivity contribution is 5.96. The molecular weight excluding hydrogens is 334 g/mol. The lowest BCUT2D eigenvalue weighted by Crippen LogP contribution is -2.31. The molecule has 1 heterocycles. The van der Waals surface area contributed by atoms with E-state index < -0.39 is 6.04 Å². The van der Waals surface area contributed by atoms with Crippen molar-refractivity contribution >= 4 is 28.9 Å². The molecule has 0 saturated carbocycles. The molecular formula is C19H21N3O4. The van der Waals surface area contributed by atoms with Gasteiger partial charge in [0.1, 0.15) is 19.3 Å². The number of anilines is 3. The predicted molar refractivity (Wildman–Crippen MR) is 99.9 cm³/mol. The number of fused-ring (bicyclic) bond motifs is 1. The van der Waals surface area contributed by atoms with Crippen LogP contribution in [0.4, 0.5) is 17.1 Å². The number of carbonyl (C=O) groups excluding carboxylic acids is 2. The van der Waals surface area contributed by atoms with Gasteiger partial charge in [0.05, 0.1) is 0 Å². The molecule has 0 saturated heterocycles. The van der Waals surface area contributed by atoms with Crippen molar-refractivity contribution in [3.8, 4) is 11.5 Å². The lowest BCUT2D eigenvalue weighted by atomic mass is 10.2. The molecule has 3 N–H and O–H groups in total. The van der Waals surface area contributed by atoms with Crippen molar-refractivity contribution in [2.24, 2.45) is 0 Å². The van der Waals surface area contributed by atoms with Crippen molar-refractivity contribution in [3.63, 3.8) is 0 Å². The Morgan fingerprint density at radius 1 is 0.885 bits per heavy atom. The molecule has 2 amide bonds. The molecule has 1 atom stereocenters. The van der Waals surface area contributed by atoms with Crippen LogP contribution in [0.2, 0.25) is 0 Å². The van der Waals surface area contributed by atoms with Crippen LogP contribution < -0.4 is 25.4 Å². The molecule has 2 aromatic carbocycles. The van der Waals surface area contributed by atoms with Gasteiger partial charge in [0.25, 0.3) is 0 Å². The van der Waals surface area contributed by atoms with Crippen LogP contribution in [0.1, 0.15) is 13.8 Å². The highest BCUT2D eigenvalue weighted by atomic mass is 16.6. The van der Waals surface area contributed by atoms with Crippen molar-refractivity contribution in [2.45, 2.75) is 19.9 Å². The van der Waals surface area contributed by atoms with Crippen LogP contribution in [-0.4, -0.2) is 31.1 Å². The fourth-order valence-corrected chi connectivity index (χ4v) is 2.54. The summed E-state index contributed by atoms with van der Waals surface area (Å²) < 4.78 is 11.0. The Kier molecular flexibility index (Phi) is 5.26. The molecule has 0 unspecified atom stereocenters. The fourth-order valence-electron chi connectivity index (χ4n) is 2.54. The number of nitrogens with one attached hydrogen (secondary N) is 3. The first-order chi connectivity index (χ1) is 12.5. The smallest absolute Gasteiger partial charge is 0.246 e. The van der Waals surface area contributed by atoms with E-state index in [1.165, 1.54) is 6.92 Å². The van der Waals surface area contributed by atoms with Crippen LogP contribution in [0.15, 0.2) is 42.5 Å². The largest absolute Gasteiger partial charge is 0.486 e. The third-order valence-corrected chi connectivity index (χ3v) is 3.79. The maximum Gasteiger partial charge on any atom is 0.246 e. The fraction of sp³-hybridized carbons (Fsp3) is 0.263. The lowest BCUT2D eigenvalue weighted by molar-refractivity contribution is -0.116. The van der Waals surface area contributed by atoms with Crippen LogP contribution in [0.25, 0.3) is 0 Å². The molecule has 0 spiro atoms. The van der Waals surface area contributed by atoms with Crippen LogP contribution in [0.3, 0.4) is 0 Å². The Bertz CT molecular complexity index is 805. The van der Waals surface area contributed by atoms with Crippen molar-refractivity contribution in [1.29, 1.82) is 0 Å². The summed E-state index contributed by atoms with van der Waals surface area (Å²) in [5.41, 5.74) is 2.11. The second-order valence-corrected chi connectivity index (χ2v) is 5.97. The number of benzene rings is 2. The minimum Gasteiger partial charge on any atom is -0.486 e. The summed E-state index contributed by atoms with van der Waals surface area (Å²) in [7, 11) is 0. The minimum atomic E-state index is -0.451. The minimum absolute atomic E-state index is 0.140. The second kappa shape index (κ2) is 7.77. The Morgan fingerprint density at radius 3 is 2.12 bits per heavy atom. The van der Waals surface area contributed by atoms with E-state index in [0.717, 1.165) is 5.69 Å². The van der Waals surface area contributed by atoms with E-state index in [-0.39, 0.29) is 11.8 Å². The van der Waals surface area contributed by atoms with E-state index in [0.29, 0.717) is 36.1 Å². The van der Waals surface area contributed by atoms with Gasteiger partial charge in [-0.15, -0.1) is 0 Å². The number of amides is 2. The van der Waals surface area contributed by atoms with Gasteiger partial charge in [0.15, 0.2) is 11.5 Å². The van der Waals surface area contributed by atoms with E-state index in [9.17, 15) is 9.59 Å². The Balaban J connectivity index is 1.58. The lowest BCUT2D eigenvalue weighted by Gasteiger charge is -2.20. The molecule has 0 bridgehead atoms. The summed E-state index contributed by atoms with van der Waals surface area (Å²) in [6.45, 7) is 4.28. The molecule has 1 aliphatic rings. The Morgan fingerprint density at radius 2 is 1.46 bits per heavy atom. The molecule has 0 aliphatic carbocycles. The summed E-state index contributed by atoms with van der Waals surface area (Å²) in [4.78, 5) is 23.4. The molecule has 0 radical (unpaired) electrons. The molecule has 136 valence electrons. The van der Waals surface area contributed by atoms with Gasteiger partial charge in [-0.3, -0.25) is 9.59 Å². The molecule has 2 aromatic rings. The highest BCUT2D eigenvalue weighted by Crippen LogP contribution is 2.32. The molecule has 3 rings (SSSR count). The maximum atomic E-state index is 12.4. The van der Waals surface area contributed by atoms with Gasteiger partial charge in [0.2, 0.25) is 11.8 Å². The van der Waals surface area contributed by atoms with Crippen molar-refractivity contribution in [3.05, 3.63) is 42.5 Å². The van der Waals surface area contributed by atoms with E-state index in [1.807, 2.05) is 18.2 Å². The third-order valence-electron chi connectivity index (χ3n) is 3.79. The summed E-state index contributed by atoms with van der Waals surface area (Å²) >= 11 is 0.